The van der Waals surface area contributed by atoms with Crippen LogP contribution in [0.4, 0.5) is 0 Å². The van der Waals surface area contributed by atoms with E-state index in [-0.39, 0.29) is 23.4 Å². The van der Waals surface area contributed by atoms with E-state index < -0.39 is 6.04 Å². The van der Waals surface area contributed by atoms with Crippen molar-refractivity contribution in [1.29, 1.82) is 0 Å². The number of amides is 1. The molecule has 0 aromatic heterocycles. The predicted octanol–water partition coefficient (Wildman–Crippen LogP) is 3.85. The molecule has 2 saturated heterocycles. The van der Waals surface area contributed by atoms with E-state index in [1.165, 1.54) is 0 Å². The molecule has 0 aliphatic carbocycles. The van der Waals surface area contributed by atoms with E-state index in [0.717, 1.165) is 23.1 Å². The van der Waals surface area contributed by atoms with E-state index >= 15 is 0 Å². The van der Waals surface area contributed by atoms with Crippen LogP contribution >= 0.6 is 11.8 Å². The topological polar surface area (TPSA) is 46.6 Å². The van der Waals surface area contributed by atoms with E-state index in [1.54, 1.807) is 16.7 Å². The van der Waals surface area contributed by atoms with E-state index in [2.05, 4.69) is 12.1 Å². The average molecular weight is 367 g/mol. The maximum Gasteiger partial charge on any atom is 0.330 e. The Hall–Kier alpha value is -2.27. The van der Waals surface area contributed by atoms with Gasteiger partial charge in [-0.2, -0.15) is 0 Å². The number of hydrogen-bond donors (Lipinski definition) is 0. The molecular formula is C21H21NO3S. The molecule has 2 heterocycles. The Balaban J connectivity index is 1.38. The summed E-state index contributed by atoms with van der Waals surface area (Å²) in [6, 6.07) is 17.7. The molecule has 2 atom stereocenters. The van der Waals surface area contributed by atoms with Crippen LogP contribution in [0.5, 0.6) is 0 Å². The fourth-order valence-corrected chi connectivity index (χ4v) is 5.09. The number of carbonyl (C=O) groups is 2. The van der Waals surface area contributed by atoms with Gasteiger partial charge in [-0.05, 0) is 30.0 Å². The minimum atomic E-state index is -0.455. The van der Waals surface area contributed by atoms with Crippen LogP contribution < -0.4 is 0 Å². The van der Waals surface area contributed by atoms with Crippen molar-refractivity contribution in [2.24, 2.45) is 0 Å². The molecule has 2 aromatic rings. The molecule has 26 heavy (non-hydrogen) atoms. The van der Waals surface area contributed by atoms with Gasteiger partial charge in [0.15, 0.2) is 0 Å². The summed E-state index contributed by atoms with van der Waals surface area (Å²) in [4.78, 5) is 26.1. The predicted molar refractivity (Wildman–Crippen MR) is 102 cm³/mol. The Morgan fingerprint density at radius 3 is 2.58 bits per heavy atom. The van der Waals surface area contributed by atoms with Gasteiger partial charge in [-0.15, -0.1) is 11.8 Å². The highest BCUT2D eigenvalue weighted by Gasteiger charge is 2.53. The summed E-state index contributed by atoms with van der Waals surface area (Å²) in [6.07, 6.45) is 1.33. The minimum Gasteiger partial charge on any atom is -0.459 e. The third kappa shape index (κ3) is 3.12. The third-order valence-electron chi connectivity index (χ3n) is 5.16. The van der Waals surface area contributed by atoms with Gasteiger partial charge in [0.05, 0.1) is 4.87 Å². The second-order valence-corrected chi connectivity index (χ2v) is 8.44. The summed E-state index contributed by atoms with van der Waals surface area (Å²) in [5.41, 5.74) is 3.23. The molecule has 0 saturated carbocycles. The van der Waals surface area contributed by atoms with Crippen LogP contribution in [0.2, 0.25) is 0 Å². The number of nitrogens with zero attached hydrogens (tertiary/aromatic N) is 1. The molecule has 0 radical (unpaired) electrons. The Labute approximate surface area is 157 Å². The van der Waals surface area contributed by atoms with Crippen LogP contribution in [0.25, 0.3) is 11.1 Å². The first-order chi connectivity index (χ1) is 12.6. The zero-order chi connectivity index (χ0) is 18.1. The molecule has 2 aromatic carbocycles. The first-order valence-electron chi connectivity index (χ1n) is 8.84. The molecule has 0 spiro atoms. The van der Waals surface area contributed by atoms with Crippen LogP contribution in [0.1, 0.15) is 25.3 Å². The summed E-state index contributed by atoms with van der Waals surface area (Å²) in [6.45, 7) is 2.27. The number of esters is 1. The highest BCUT2D eigenvalue weighted by molar-refractivity contribution is 8.01. The molecule has 2 aliphatic rings. The molecule has 0 N–H and O–H groups in total. The van der Waals surface area contributed by atoms with Crippen LogP contribution in [0.3, 0.4) is 0 Å². The number of rotatable bonds is 4. The Morgan fingerprint density at radius 1 is 1.15 bits per heavy atom. The Bertz CT molecular complexity index is 821. The van der Waals surface area contributed by atoms with Crippen molar-refractivity contribution in [3.05, 3.63) is 60.2 Å². The smallest absolute Gasteiger partial charge is 0.330 e. The monoisotopic (exact) mass is 367 g/mol. The quantitative estimate of drug-likeness (QED) is 0.770. The molecule has 134 valence electrons. The molecule has 0 unspecified atom stereocenters. The summed E-state index contributed by atoms with van der Waals surface area (Å²) < 4.78 is 5.51. The van der Waals surface area contributed by atoms with Crippen molar-refractivity contribution in [3.8, 4) is 11.1 Å². The second-order valence-electron chi connectivity index (χ2n) is 6.94. The van der Waals surface area contributed by atoms with Crippen molar-refractivity contribution >= 4 is 23.6 Å². The van der Waals surface area contributed by atoms with E-state index in [9.17, 15) is 9.59 Å². The average Bonchev–Trinajstić information content (AvgIpc) is 3.17. The van der Waals surface area contributed by atoms with Gasteiger partial charge in [-0.1, -0.05) is 54.6 Å². The standard InChI is InChI=1S/C21H21NO3S/c1-21-12-11-19(23)22(21)18(14-26-21)20(24)25-13-15-7-9-17(10-8-15)16-5-3-2-4-6-16/h2-10,18H,11-14H2,1H3/t18-,21+/m0/s1. The zero-order valence-corrected chi connectivity index (χ0v) is 15.5. The third-order valence-corrected chi connectivity index (χ3v) is 6.66. The largest absolute Gasteiger partial charge is 0.459 e. The maximum atomic E-state index is 12.5. The summed E-state index contributed by atoms with van der Waals surface area (Å²) in [7, 11) is 0. The van der Waals surface area contributed by atoms with Gasteiger partial charge < -0.3 is 9.64 Å². The fraction of sp³-hybridized carbons (Fsp3) is 0.333. The lowest BCUT2D eigenvalue weighted by atomic mass is 10.0. The first-order valence-corrected chi connectivity index (χ1v) is 9.82. The van der Waals surface area contributed by atoms with Gasteiger partial charge >= 0.3 is 5.97 Å². The first kappa shape index (κ1) is 17.2. The van der Waals surface area contributed by atoms with Crippen LogP contribution in [0.15, 0.2) is 54.6 Å². The van der Waals surface area contributed by atoms with E-state index in [0.29, 0.717) is 12.2 Å². The van der Waals surface area contributed by atoms with Gasteiger partial charge in [0, 0.05) is 12.2 Å². The molecule has 2 aliphatic heterocycles. The van der Waals surface area contributed by atoms with Crippen molar-refractivity contribution in [3.63, 3.8) is 0 Å². The highest BCUT2D eigenvalue weighted by Crippen LogP contribution is 2.47. The summed E-state index contributed by atoms with van der Waals surface area (Å²) in [5, 5.41) is 0. The van der Waals surface area contributed by atoms with E-state index in [1.807, 2.05) is 49.4 Å². The van der Waals surface area contributed by atoms with Crippen molar-refractivity contribution < 1.29 is 14.3 Å². The van der Waals surface area contributed by atoms with Crippen LogP contribution in [-0.4, -0.2) is 33.4 Å². The Morgan fingerprint density at radius 2 is 1.85 bits per heavy atom. The minimum absolute atomic E-state index is 0.0617. The highest BCUT2D eigenvalue weighted by atomic mass is 32.2. The number of benzene rings is 2. The van der Waals surface area contributed by atoms with E-state index in [4.69, 9.17) is 4.74 Å². The van der Waals surface area contributed by atoms with Gasteiger partial charge in [-0.25, -0.2) is 4.79 Å². The van der Waals surface area contributed by atoms with Gasteiger partial charge in [-0.3, -0.25) is 4.79 Å². The number of ether oxygens (including phenoxy) is 1. The molecule has 5 heteroatoms. The normalized spacial score (nSPS) is 24.6. The fourth-order valence-electron chi connectivity index (χ4n) is 3.67. The van der Waals surface area contributed by atoms with Crippen molar-refractivity contribution in [1.82, 2.24) is 4.90 Å². The molecule has 4 nitrogen and oxygen atoms in total. The van der Waals surface area contributed by atoms with Crippen LogP contribution in [-0.2, 0) is 20.9 Å². The van der Waals surface area contributed by atoms with Gasteiger partial charge in [0.25, 0.3) is 0 Å². The van der Waals surface area contributed by atoms with Gasteiger partial charge in [0.2, 0.25) is 5.91 Å². The van der Waals surface area contributed by atoms with Crippen LogP contribution in [0, 0.1) is 0 Å². The van der Waals surface area contributed by atoms with Gasteiger partial charge in [0.1, 0.15) is 12.6 Å². The lowest BCUT2D eigenvalue weighted by Gasteiger charge is -2.29. The molecule has 0 bridgehead atoms. The summed E-state index contributed by atoms with van der Waals surface area (Å²) in [5.74, 6) is 0.379. The lowest BCUT2D eigenvalue weighted by Crippen LogP contribution is -2.46. The maximum absolute atomic E-state index is 12.5. The molecule has 2 fully saturated rings. The number of thioether (sulfide) groups is 1. The second kappa shape index (κ2) is 6.80. The number of carbonyl (C=O) groups excluding carboxylic acids is 2. The number of hydrogen-bond acceptors (Lipinski definition) is 4. The molecular weight excluding hydrogens is 346 g/mol. The SMILES string of the molecule is C[C@@]12CCC(=O)N1[C@H](C(=O)OCc1ccc(-c3ccccc3)cc1)CS2. The summed E-state index contributed by atoms with van der Waals surface area (Å²) >= 11 is 1.68. The molecule has 1 amide bonds. The van der Waals surface area contributed by atoms with Crippen molar-refractivity contribution in [2.75, 3.05) is 5.75 Å². The zero-order valence-electron chi connectivity index (χ0n) is 14.7. The molecule has 4 rings (SSSR count). The number of fused-ring (bicyclic) bond motifs is 1. The van der Waals surface area contributed by atoms with Crippen molar-refractivity contribution in [2.45, 2.75) is 37.3 Å². The Kier molecular flexibility index (Phi) is 4.49. The lowest BCUT2D eigenvalue weighted by molar-refractivity contribution is -0.154.